The zero-order chi connectivity index (χ0) is 21.3. The Bertz CT molecular complexity index is 971. The van der Waals surface area contributed by atoms with Gasteiger partial charge in [-0.1, -0.05) is 42.5 Å². The Kier molecular flexibility index (Phi) is 7.22. The maximum Gasteiger partial charge on any atom is 0.203 e. The lowest BCUT2D eigenvalue weighted by molar-refractivity contribution is 0.303. The first kappa shape index (κ1) is 21.1. The maximum atomic E-state index is 6.08. The largest absolute Gasteiger partial charge is 0.497 e. The summed E-state index contributed by atoms with van der Waals surface area (Å²) in [7, 11) is 6.43. The molecule has 0 spiro atoms. The van der Waals surface area contributed by atoms with Gasteiger partial charge in [-0.25, -0.2) is 0 Å². The van der Waals surface area contributed by atoms with E-state index in [1.54, 1.807) is 28.4 Å². The Morgan fingerprint density at radius 2 is 1.37 bits per heavy atom. The third kappa shape index (κ3) is 5.06. The van der Waals surface area contributed by atoms with Gasteiger partial charge in [0.05, 0.1) is 28.4 Å². The van der Waals surface area contributed by atoms with E-state index in [0.717, 1.165) is 28.2 Å². The lowest BCUT2D eigenvalue weighted by Crippen LogP contribution is -1.97. The van der Waals surface area contributed by atoms with Crippen molar-refractivity contribution in [2.45, 2.75) is 6.61 Å². The van der Waals surface area contributed by atoms with Crippen LogP contribution >= 0.6 is 0 Å². The molecular formula is C25H26O5. The molecule has 30 heavy (non-hydrogen) atoms. The number of rotatable bonds is 9. The number of benzene rings is 3. The van der Waals surface area contributed by atoms with Gasteiger partial charge >= 0.3 is 0 Å². The van der Waals surface area contributed by atoms with Crippen LogP contribution in [0.2, 0.25) is 0 Å². The van der Waals surface area contributed by atoms with Crippen LogP contribution in [0.1, 0.15) is 16.7 Å². The van der Waals surface area contributed by atoms with Crippen LogP contribution in [-0.2, 0) is 6.61 Å². The number of hydrogen-bond acceptors (Lipinski definition) is 5. The molecule has 0 aliphatic rings. The first-order valence-corrected chi connectivity index (χ1v) is 9.51. The van der Waals surface area contributed by atoms with Crippen LogP contribution in [-0.4, -0.2) is 28.4 Å². The van der Waals surface area contributed by atoms with Gasteiger partial charge < -0.3 is 23.7 Å². The molecule has 0 aromatic heterocycles. The highest BCUT2D eigenvalue weighted by Crippen LogP contribution is 2.39. The van der Waals surface area contributed by atoms with E-state index in [1.807, 2.05) is 72.8 Å². The Hall–Kier alpha value is -3.60. The van der Waals surface area contributed by atoms with E-state index in [9.17, 15) is 0 Å². The van der Waals surface area contributed by atoms with Crippen LogP contribution in [0.3, 0.4) is 0 Å². The van der Waals surface area contributed by atoms with Crippen LogP contribution in [0.25, 0.3) is 12.2 Å². The summed E-state index contributed by atoms with van der Waals surface area (Å²) in [5.41, 5.74) is 2.94. The third-order valence-corrected chi connectivity index (χ3v) is 4.60. The van der Waals surface area contributed by atoms with Crippen LogP contribution < -0.4 is 23.7 Å². The molecule has 156 valence electrons. The molecule has 0 N–H and O–H groups in total. The molecule has 3 aromatic rings. The van der Waals surface area contributed by atoms with Crippen LogP contribution in [0.5, 0.6) is 28.7 Å². The van der Waals surface area contributed by atoms with Gasteiger partial charge in [0.25, 0.3) is 0 Å². The fraction of sp³-hybridized carbons (Fsp3) is 0.200. The second-order valence-corrected chi connectivity index (χ2v) is 6.47. The zero-order valence-electron chi connectivity index (χ0n) is 17.7. The van der Waals surface area contributed by atoms with Crippen molar-refractivity contribution in [1.29, 1.82) is 0 Å². The van der Waals surface area contributed by atoms with Gasteiger partial charge in [0.2, 0.25) is 5.75 Å². The summed E-state index contributed by atoms with van der Waals surface area (Å²) < 4.78 is 27.7. The van der Waals surface area contributed by atoms with Crippen LogP contribution in [0.4, 0.5) is 0 Å². The van der Waals surface area contributed by atoms with Crippen molar-refractivity contribution >= 4 is 12.2 Å². The average Bonchev–Trinajstić information content (AvgIpc) is 2.81. The summed E-state index contributed by atoms with van der Waals surface area (Å²) >= 11 is 0. The second-order valence-electron chi connectivity index (χ2n) is 6.47. The molecule has 0 radical (unpaired) electrons. The highest BCUT2D eigenvalue weighted by Gasteiger charge is 2.12. The highest BCUT2D eigenvalue weighted by atomic mass is 16.5. The molecule has 0 heterocycles. The van der Waals surface area contributed by atoms with E-state index in [-0.39, 0.29) is 0 Å². The van der Waals surface area contributed by atoms with Crippen molar-refractivity contribution in [2.75, 3.05) is 28.4 Å². The Balaban J connectivity index is 1.89. The minimum Gasteiger partial charge on any atom is -0.497 e. The molecule has 5 heteroatoms. The molecule has 0 fully saturated rings. The van der Waals surface area contributed by atoms with Crippen molar-refractivity contribution in [3.63, 3.8) is 0 Å². The molecular weight excluding hydrogens is 380 g/mol. The van der Waals surface area contributed by atoms with Crippen molar-refractivity contribution in [1.82, 2.24) is 0 Å². The zero-order valence-corrected chi connectivity index (χ0v) is 17.7. The molecule has 5 nitrogen and oxygen atoms in total. The first-order chi connectivity index (χ1) is 14.7. The summed E-state index contributed by atoms with van der Waals surface area (Å²) in [6.07, 6.45) is 3.96. The Morgan fingerprint density at radius 3 is 1.97 bits per heavy atom. The molecule has 3 rings (SSSR count). The average molecular weight is 406 g/mol. The summed E-state index contributed by atoms with van der Waals surface area (Å²) in [4.78, 5) is 0. The van der Waals surface area contributed by atoms with E-state index in [2.05, 4.69) is 0 Å². The van der Waals surface area contributed by atoms with Gasteiger partial charge in [-0.3, -0.25) is 0 Å². The quantitative estimate of drug-likeness (QED) is 0.441. The molecule has 0 bridgehead atoms. The molecule has 0 atom stereocenters. The summed E-state index contributed by atoms with van der Waals surface area (Å²) in [6, 6.07) is 19.6. The van der Waals surface area contributed by atoms with Gasteiger partial charge in [0, 0.05) is 11.6 Å². The molecule has 0 saturated heterocycles. The smallest absolute Gasteiger partial charge is 0.203 e. The standard InChI is InChI=1S/C25H26O5/c1-26-21-13-12-20(22(16-21)30-17-18-8-6-5-7-9-18)11-10-19-14-23(27-2)25(29-4)24(15-19)28-3/h5-16H,17H2,1-4H3. The number of methoxy groups -OCH3 is 4. The van der Waals surface area contributed by atoms with Crippen molar-refractivity contribution in [3.8, 4) is 28.7 Å². The predicted molar refractivity (Wildman–Crippen MR) is 119 cm³/mol. The minimum atomic E-state index is 0.471. The maximum absolute atomic E-state index is 6.08. The predicted octanol–water partition coefficient (Wildman–Crippen LogP) is 5.47. The second kappa shape index (κ2) is 10.3. The first-order valence-electron chi connectivity index (χ1n) is 9.51. The monoisotopic (exact) mass is 406 g/mol. The Labute approximate surface area is 177 Å². The molecule has 3 aromatic carbocycles. The van der Waals surface area contributed by atoms with Crippen LogP contribution in [0, 0.1) is 0 Å². The number of ether oxygens (including phenoxy) is 5. The van der Waals surface area contributed by atoms with Crippen molar-refractivity contribution in [2.24, 2.45) is 0 Å². The van der Waals surface area contributed by atoms with Gasteiger partial charge in [-0.2, -0.15) is 0 Å². The van der Waals surface area contributed by atoms with Gasteiger partial charge in [-0.15, -0.1) is 0 Å². The molecule has 0 unspecified atom stereocenters. The van der Waals surface area contributed by atoms with Gasteiger partial charge in [-0.05, 0) is 35.4 Å². The normalized spacial score (nSPS) is 10.7. The van der Waals surface area contributed by atoms with Crippen molar-refractivity contribution < 1.29 is 23.7 Å². The van der Waals surface area contributed by atoms with E-state index in [4.69, 9.17) is 23.7 Å². The SMILES string of the molecule is COc1ccc(C=Cc2cc(OC)c(OC)c(OC)c2)c(OCc2ccccc2)c1. The highest BCUT2D eigenvalue weighted by molar-refractivity contribution is 5.75. The molecule has 0 aliphatic heterocycles. The topological polar surface area (TPSA) is 46.2 Å². The van der Waals surface area contributed by atoms with E-state index < -0.39 is 0 Å². The van der Waals surface area contributed by atoms with Crippen LogP contribution in [0.15, 0.2) is 60.7 Å². The summed E-state index contributed by atoms with van der Waals surface area (Å²) in [6.45, 7) is 0.471. The van der Waals surface area contributed by atoms with E-state index in [1.165, 1.54) is 0 Å². The van der Waals surface area contributed by atoms with Gasteiger partial charge in [0.1, 0.15) is 18.1 Å². The fourth-order valence-electron chi connectivity index (χ4n) is 3.02. The lowest BCUT2D eigenvalue weighted by atomic mass is 10.1. The fourth-order valence-corrected chi connectivity index (χ4v) is 3.02. The molecule has 0 amide bonds. The lowest BCUT2D eigenvalue weighted by Gasteiger charge is -2.13. The minimum absolute atomic E-state index is 0.471. The summed E-state index contributed by atoms with van der Waals surface area (Å²) in [5.74, 6) is 3.25. The Morgan fingerprint density at radius 1 is 0.667 bits per heavy atom. The molecule has 0 aliphatic carbocycles. The van der Waals surface area contributed by atoms with Crippen molar-refractivity contribution in [3.05, 3.63) is 77.4 Å². The number of hydrogen-bond donors (Lipinski definition) is 0. The van der Waals surface area contributed by atoms with Gasteiger partial charge in [0.15, 0.2) is 11.5 Å². The third-order valence-electron chi connectivity index (χ3n) is 4.60. The summed E-state index contributed by atoms with van der Waals surface area (Å²) in [5, 5.41) is 0. The van der Waals surface area contributed by atoms with E-state index in [0.29, 0.717) is 23.9 Å². The molecule has 0 saturated carbocycles. The van der Waals surface area contributed by atoms with E-state index >= 15 is 0 Å².